The molecule has 1 fully saturated rings. The Balaban J connectivity index is 1.86. The van der Waals surface area contributed by atoms with Gasteiger partial charge >= 0.3 is 0 Å². The first kappa shape index (κ1) is 16.8. The van der Waals surface area contributed by atoms with Crippen LogP contribution in [0.3, 0.4) is 0 Å². The SMILES string of the molecule is O=S(=O)(c1ccccc1)n1cc(I)c2ccc(N3CCOCC3)nc21. The number of fused-ring (bicyclic) bond motifs is 1. The molecule has 0 unspecified atom stereocenters. The van der Waals surface area contributed by atoms with Gasteiger partial charge < -0.3 is 9.64 Å². The van der Waals surface area contributed by atoms with Gasteiger partial charge in [0.05, 0.1) is 18.1 Å². The summed E-state index contributed by atoms with van der Waals surface area (Å²) in [5.74, 6) is 0.773. The summed E-state index contributed by atoms with van der Waals surface area (Å²) in [6, 6.07) is 12.3. The topological polar surface area (TPSA) is 64.4 Å². The van der Waals surface area contributed by atoms with E-state index in [-0.39, 0.29) is 4.90 Å². The van der Waals surface area contributed by atoms with Crippen LogP contribution >= 0.6 is 22.6 Å². The quantitative estimate of drug-likeness (QED) is 0.553. The number of rotatable bonds is 3. The second-order valence-corrected chi connectivity index (χ2v) is 8.71. The highest BCUT2D eigenvalue weighted by molar-refractivity contribution is 14.1. The fraction of sp³-hybridized carbons (Fsp3) is 0.235. The van der Waals surface area contributed by atoms with Crippen molar-refractivity contribution in [2.24, 2.45) is 0 Å². The maximum Gasteiger partial charge on any atom is 0.269 e. The van der Waals surface area contributed by atoms with Crippen LogP contribution in [0.25, 0.3) is 11.0 Å². The van der Waals surface area contributed by atoms with E-state index in [0.717, 1.165) is 27.9 Å². The van der Waals surface area contributed by atoms with Crippen molar-refractivity contribution in [1.82, 2.24) is 8.96 Å². The summed E-state index contributed by atoms with van der Waals surface area (Å²) >= 11 is 2.15. The lowest BCUT2D eigenvalue weighted by Gasteiger charge is -2.27. The van der Waals surface area contributed by atoms with Crippen LogP contribution in [0.15, 0.2) is 53.6 Å². The average Bonchev–Trinajstić information content (AvgIpc) is 3.00. The zero-order valence-electron chi connectivity index (χ0n) is 13.3. The Kier molecular flexibility index (Phi) is 4.42. The lowest BCUT2D eigenvalue weighted by molar-refractivity contribution is 0.122. The number of ether oxygens (including phenoxy) is 1. The fourth-order valence-corrected chi connectivity index (χ4v) is 5.11. The van der Waals surface area contributed by atoms with E-state index < -0.39 is 10.0 Å². The molecule has 0 bridgehead atoms. The number of halogens is 1. The molecule has 1 aliphatic heterocycles. The second kappa shape index (κ2) is 6.58. The van der Waals surface area contributed by atoms with Crippen molar-refractivity contribution in [1.29, 1.82) is 0 Å². The summed E-state index contributed by atoms with van der Waals surface area (Å²) in [6.07, 6.45) is 1.63. The first-order chi connectivity index (χ1) is 12.1. The monoisotopic (exact) mass is 469 g/mol. The third-order valence-corrected chi connectivity index (χ3v) is 6.72. The van der Waals surface area contributed by atoms with Crippen LogP contribution in [0, 0.1) is 3.57 Å². The normalized spacial score (nSPS) is 15.6. The van der Waals surface area contributed by atoms with Gasteiger partial charge in [-0.1, -0.05) is 18.2 Å². The van der Waals surface area contributed by atoms with Crippen LogP contribution in [-0.2, 0) is 14.8 Å². The smallest absolute Gasteiger partial charge is 0.269 e. The predicted molar refractivity (Wildman–Crippen MR) is 105 cm³/mol. The van der Waals surface area contributed by atoms with Gasteiger partial charge in [-0.25, -0.2) is 17.4 Å². The van der Waals surface area contributed by atoms with Crippen LogP contribution in [-0.4, -0.2) is 43.7 Å². The summed E-state index contributed by atoms with van der Waals surface area (Å²) in [5, 5.41) is 0.831. The molecule has 0 aliphatic carbocycles. The Morgan fingerprint density at radius 2 is 1.76 bits per heavy atom. The Morgan fingerprint density at radius 3 is 2.48 bits per heavy atom. The molecule has 4 rings (SSSR count). The molecule has 1 aliphatic rings. The molecule has 8 heteroatoms. The Morgan fingerprint density at radius 1 is 1.04 bits per heavy atom. The van der Waals surface area contributed by atoms with E-state index in [1.54, 1.807) is 36.5 Å². The third kappa shape index (κ3) is 3.02. The van der Waals surface area contributed by atoms with Crippen molar-refractivity contribution < 1.29 is 13.2 Å². The molecule has 3 aromatic rings. The molecule has 0 saturated carbocycles. The van der Waals surface area contributed by atoms with Gasteiger partial charge in [0.2, 0.25) is 0 Å². The van der Waals surface area contributed by atoms with E-state index in [2.05, 4.69) is 32.5 Å². The van der Waals surface area contributed by atoms with Crippen molar-refractivity contribution in [2.45, 2.75) is 4.90 Å². The number of hydrogen-bond acceptors (Lipinski definition) is 5. The van der Waals surface area contributed by atoms with Gasteiger partial charge in [-0.05, 0) is 46.9 Å². The van der Waals surface area contributed by atoms with Gasteiger partial charge in [0.15, 0.2) is 5.65 Å². The van der Waals surface area contributed by atoms with Crippen molar-refractivity contribution in [3.63, 3.8) is 0 Å². The van der Waals surface area contributed by atoms with E-state index in [4.69, 9.17) is 4.74 Å². The van der Waals surface area contributed by atoms with Gasteiger partial charge in [0.1, 0.15) is 5.82 Å². The number of pyridine rings is 1. The zero-order valence-corrected chi connectivity index (χ0v) is 16.3. The molecule has 2 aromatic heterocycles. The molecular formula is C17H16IN3O3S. The molecule has 6 nitrogen and oxygen atoms in total. The standard InChI is InChI=1S/C17H16IN3O3S/c18-15-12-21(25(22,23)13-4-2-1-3-5-13)17-14(15)6-7-16(19-17)20-8-10-24-11-9-20/h1-7,12H,8-11H2. The molecule has 0 spiro atoms. The summed E-state index contributed by atoms with van der Waals surface area (Å²) in [5.41, 5.74) is 0.456. The van der Waals surface area contributed by atoms with Gasteiger partial charge in [-0.2, -0.15) is 0 Å². The largest absolute Gasteiger partial charge is 0.378 e. The Labute approximate surface area is 159 Å². The van der Waals surface area contributed by atoms with Crippen molar-refractivity contribution in [3.05, 3.63) is 52.2 Å². The highest BCUT2D eigenvalue weighted by Crippen LogP contribution is 2.28. The zero-order chi connectivity index (χ0) is 17.4. The second-order valence-electron chi connectivity index (χ2n) is 5.73. The van der Waals surface area contributed by atoms with Gasteiger partial charge in [-0.15, -0.1) is 0 Å². The van der Waals surface area contributed by atoms with Crippen LogP contribution in [0.4, 0.5) is 5.82 Å². The van der Waals surface area contributed by atoms with E-state index in [1.165, 1.54) is 3.97 Å². The number of anilines is 1. The maximum atomic E-state index is 13.0. The fourth-order valence-electron chi connectivity index (χ4n) is 2.88. The van der Waals surface area contributed by atoms with Crippen LogP contribution < -0.4 is 4.90 Å². The highest BCUT2D eigenvalue weighted by Gasteiger charge is 2.22. The number of benzene rings is 1. The third-order valence-electron chi connectivity index (χ3n) is 4.19. The van der Waals surface area contributed by atoms with Crippen LogP contribution in [0.5, 0.6) is 0 Å². The summed E-state index contributed by atoms with van der Waals surface area (Å²) in [4.78, 5) is 7.03. The molecule has 1 saturated heterocycles. The highest BCUT2D eigenvalue weighted by atomic mass is 127. The molecule has 0 radical (unpaired) electrons. The van der Waals surface area contributed by atoms with Crippen LogP contribution in [0.1, 0.15) is 0 Å². The van der Waals surface area contributed by atoms with E-state index in [0.29, 0.717) is 18.9 Å². The van der Waals surface area contributed by atoms with Gasteiger partial charge in [-0.3, -0.25) is 0 Å². The molecule has 25 heavy (non-hydrogen) atoms. The summed E-state index contributed by atoms with van der Waals surface area (Å²) in [6.45, 7) is 2.81. The minimum absolute atomic E-state index is 0.252. The number of nitrogens with zero attached hydrogens (tertiary/aromatic N) is 3. The predicted octanol–water partition coefficient (Wildman–Crippen LogP) is 2.71. The number of aromatic nitrogens is 2. The first-order valence-electron chi connectivity index (χ1n) is 7.88. The first-order valence-corrected chi connectivity index (χ1v) is 10.4. The Hall–Kier alpha value is -1.65. The molecule has 3 heterocycles. The number of hydrogen-bond donors (Lipinski definition) is 0. The van der Waals surface area contributed by atoms with E-state index in [9.17, 15) is 8.42 Å². The van der Waals surface area contributed by atoms with Crippen molar-refractivity contribution in [2.75, 3.05) is 31.2 Å². The molecule has 130 valence electrons. The van der Waals surface area contributed by atoms with Gasteiger partial charge in [0, 0.05) is 28.2 Å². The molecule has 0 atom stereocenters. The summed E-state index contributed by atoms with van der Waals surface area (Å²) in [7, 11) is -3.69. The Bertz CT molecular complexity index is 1010. The van der Waals surface area contributed by atoms with E-state index >= 15 is 0 Å². The lowest BCUT2D eigenvalue weighted by atomic mass is 10.3. The van der Waals surface area contributed by atoms with Gasteiger partial charge in [0.25, 0.3) is 10.0 Å². The van der Waals surface area contributed by atoms with Crippen LogP contribution in [0.2, 0.25) is 0 Å². The average molecular weight is 469 g/mol. The lowest BCUT2D eigenvalue weighted by Crippen LogP contribution is -2.36. The molecule has 1 aromatic carbocycles. The van der Waals surface area contributed by atoms with E-state index in [1.807, 2.05) is 12.1 Å². The number of morpholine rings is 1. The molecule has 0 N–H and O–H groups in total. The van der Waals surface area contributed by atoms with Crippen molar-refractivity contribution >= 4 is 49.5 Å². The maximum absolute atomic E-state index is 13.0. The minimum Gasteiger partial charge on any atom is -0.378 e. The van der Waals surface area contributed by atoms with Crippen molar-refractivity contribution in [3.8, 4) is 0 Å². The minimum atomic E-state index is -3.69. The molecule has 0 amide bonds. The summed E-state index contributed by atoms with van der Waals surface area (Å²) < 4.78 is 33.6. The molecular weight excluding hydrogens is 453 g/mol.